The molecule has 0 spiro atoms. The SMILES string of the molecule is CCCN1C(C)=NS(=O)(=O)c2cc(C(=O)N(Cc3ccccc3)Cc3ccccc3)ccc21. The Labute approximate surface area is 195 Å². The summed E-state index contributed by atoms with van der Waals surface area (Å²) < 4.78 is 29.6. The van der Waals surface area contributed by atoms with Gasteiger partial charge in [0.1, 0.15) is 10.7 Å². The highest BCUT2D eigenvalue weighted by atomic mass is 32.2. The molecule has 0 radical (unpaired) electrons. The van der Waals surface area contributed by atoms with Crippen LogP contribution in [0.1, 0.15) is 41.8 Å². The number of hydrogen-bond donors (Lipinski definition) is 0. The Kier molecular flexibility index (Phi) is 6.60. The van der Waals surface area contributed by atoms with Gasteiger partial charge in [0.15, 0.2) is 0 Å². The van der Waals surface area contributed by atoms with E-state index in [0.717, 1.165) is 17.5 Å². The van der Waals surface area contributed by atoms with Gasteiger partial charge >= 0.3 is 0 Å². The van der Waals surface area contributed by atoms with Crippen LogP contribution in [0.25, 0.3) is 0 Å². The van der Waals surface area contributed by atoms with Crippen molar-refractivity contribution in [2.45, 2.75) is 38.3 Å². The van der Waals surface area contributed by atoms with Gasteiger partial charge in [-0.1, -0.05) is 67.6 Å². The molecule has 1 aliphatic heterocycles. The largest absolute Gasteiger partial charge is 0.330 e. The van der Waals surface area contributed by atoms with Crippen molar-refractivity contribution in [3.8, 4) is 0 Å². The van der Waals surface area contributed by atoms with Gasteiger partial charge in [0, 0.05) is 25.2 Å². The molecular weight excluding hydrogens is 434 g/mol. The van der Waals surface area contributed by atoms with Crippen LogP contribution < -0.4 is 4.90 Å². The van der Waals surface area contributed by atoms with E-state index in [4.69, 9.17) is 0 Å². The number of benzene rings is 3. The standard InChI is InChI=1S/C26H27N3O3S/c1-3-16-29-20(2)27-33(31,32)25-17-23(14-15-24(25)29)26(30)28(18-21-10-6-4-7-11-21)19-22-12-8-5-9-13-22/h4-15,17H,3,16,18-19H2,1-2H3. The zero-order valence-electron chi connectivity index (χ0n) is 18.8. The third kappa shape index (κ3) is 4.98. The van der Waals surface area contributed by atoms with Gasteiger partial charge in [0.25, 0.3) is 15.9 Å². The zero-order chi connectivity index (χ0) is 23.4. The Hall–Kier alpha value is -3.45. The maximum absolute atomic E-state index is 13.6. The molecule has 0 saturated carbocycles. The minimum atomic E-state index is -3.87. The van der Waals surface area contributed by atoms with E-state index in [1.807, 2.05) is 72.5 Å². The molecule has 1 heterocycles. The van der Waals surface area contributed by atoms with E-state index in [-0.39, 0.29) is 10.8 Å². The van der Waals surface area contributed by atoms with Crippen LogP contribution in [0, 0.1) is 0 Å². The third-order valence-electron chi connectivity index (χ3n) is 5.59. The molecule has 3 aromatic rings. The maximum Gasteiger partial charge on any atom is 0.286 e. The normalized spacial score (nSPS) is 14.4. The Morgan fingerprint density at radius 3 is 2.03 bits per heavy atom. The summed E-state index contributed by atoms with van der Waals surface area (Å²) in [4.78, 5) is 17.3. The average Bonchev–Trinajstić information content (AvgIpc) is 2.82. The fourth-order valence-electron chi connectivity index (χ4n) is 4.02. The first-order chi connectivity index (χ1) is 15.9. The van der Waals surface area contributed by atoms with E-state index < -0.39 is 10.0 Å². The molecule has 1 aliphatic rings. The number of amidine groups is 1. The lowest BCUT2D eigenvalue weighted by atomic mass is 10.1. The third-order valence-corrected chi connectivity index (χ3v) is 6.97. The van der Waals surface area contributed by atoms with Gasteiger partial charge in [-0.3, -0.25) is 4.79 Å². The van der Waals surface area contributed by atoms with Gasteiger partial charge in [0.2, 0.25) is 0 Å². The molecule has 4 rings (SSSR count). The molecular formula is C26H27N3O3S. The topological polar surface area (TPSA) is 70.0 Å². The van der Waals surface area contributed by atoms with Crippen molar-refractivity contribution in [2.75, 3.05) is 11.4 Å². The fraction of sp³-hybridized carbons (Fsp3) is 0.231. The predicted molar refractivity (Wildman–Crippen MR) is 131 cm³/mol. The van der Waals surface area contributed by atoms with Crippen LogP contribution in [0.4, 0.5) is 5.69 Å². The molecule has 6 nitrogen and oxygen atoms in total. The maximum atomic E-state index is 13.6. The highest BCUT2D eigenvalue weighted by molar-refractivity contribution is 7.90. The molecule has 0 fully saturated rings. The van der Waals surface area contributed by atoms with Crippen molar-refractivity contribution < 1.29 is 13.2 Å². The molecule has 0 bridgehead atoms. The van der Waals surface area contributed by atoms with Gasteiger partial charge in [-0.25, -0.2) is 0 Å². The van der Waals surface area contributed by atoms with Crippen LogP contribution in [-0.4, -0.2) is 31.6 Å². The first-order valence-corrected chi connectivity index (χ1v) is 12.4. The molecule has 0 saturated heterocycles. The predicted octanol–water partition coefficient (Wildman–Crippen LogP) is 4.87. The highest BCUT2D eigenvalue weighted by Gasteiger charge is 2.30. The first-order valence-electron chi connectivity index (χ1n) is 11.0. The second-order valence-corrected chi connectivity index (χ2v) is 9.65. The molecule has 33 heavy (non-hydrogen) atoms. The van der Waals surface area contributed by atoms with Gasteiger partial charge in [-0.15, -0.1) is 4.40 Å². The smallest absolute Gasteiger partial charge is 0.286 e. The summed E-state index contributed by atoms with van der Waals surface area (Å²) in [5.41, 5.74) is 2.90. The fourth-order valence-corrected chi connectivity index (χ4v) is 5.28. The lowest BCUT2D eigenvalue weighted by Gasteiger charge is -2.30. The van der Waals surface area contributed by atoms with E-state index in [2.05, 4.69) is 4.40 Å². The Morgan fingerprint density at radius 2 is 1.48 bits per heavy atom. The van der Waals surface area contributed by atoms with Gasteiger partial charge in [-0.2, -0.15) is 8.42 Å². The quantitative estimate of drug-likeness (QED) is 0.504. The summed E-state index contributed by atoms with van der Waals surface area (Å²) in [5, 5.41) is 0. The molecule has 3 aromatic carbocycles. The van der Waals surface area contributed by atoms with Crippen molar-refractivity contribution in [2.24, 2.45) is 4.40 Å². The monoisotopic (exact) mass is 461 g/mol. The molecule has 0 aliphatic carbocycles. The number of nitrogens with zero attached hydrogens (tertiary/aromatic N) is 3. The number of amides is 1. The number of rotatable bonds is 7. The molecule has 7 heteroatoms. The molecule has 170 valence electrons. The molecule has 1 amide bonds. The lowest BCUT2D eigenvalue weighted by Crippen LogP contribution is -2.35. The molecule has 0 atom stereocenters. The summed E-state index contributed by atoms with van der Waals surface area (Å²) in [6.45, 7) is 5.20. The summed E-state index contributed by atoms with van der Waals surface area (Å²) in [7, 11) is -3.87. The van der Waals surface area contributed by atoms with E-state index in [0.29, 0.717) is 36.7 Å². The number of fused-ring (bicyclic) bond motifs is 1. The number of carbonyl (C=O) groups excluding carboxylic acids is 1. The second-order valence-electron chi connectivity index (χ2n) is 8.08. The summed E-state index contributed by atoms with van der Waals surface area (Å²) in [6.07, 6.45) is 0.842. The van der Waals surface area contributed by atoms with Crippen molar-refractivity contribution in [1.82, 2.24) is 4.90 Å². The Bertz CT molecular complexity index is 1230. The summed E-state index contributed by atoms with van der Waals surface area (Å²) in [6, 6.07) is 24.4. The average molecular weight is 462 g/mol. The molecule has 0 unspecified atom stereocenters. The summed E-state index contributed by atoms with van der Waals surface area (Å²) in [5.74, 6) is 0.215. The second kappa shape index (κ2) is 9.58. The number of sulfonamides is 1. The molecule has 0 aromatic heterocycles. The van der Waals surface area contributed by atoms with Crippen LogP contribution >= 0.6 is 0 Å². The van der Waals surface area contributed by atoms with E-state index in [9.17, 15) is 13.2 Å². The van der Waals surface area contributed by atoms with Crippen LogP contribution in [0.2, 0.25) is 0 Å². The number of anilines is 1. The number of hydrogen-bond acceptors (Lipinski definition) is 4. The van der Waals surface area contributed by atoms with E-state index >= 15 is 0 Å². The van der Waals surface area contributed by atoms with Crippen molar-refractivity contribution in [3.05, 3.63) is 95.6 Å². The minimum Gasteiger partial charge on any atom is -0.330 e. The van der Waals surface area contributed by atoms with Gasteiger partial charge in [0.05, 0.1) is 5.69 Å². The zero-order valence-corrected chi connectivity index (χ0v) is 19.6. The van der Waals surface area contributed by atoms with Crippen molar-refractivity contribution in [1.29, 1.82) is 0 Å². The van der Waals surface area contributed by atoms with E-state index in [1.165, 1.54) is 6.07 Å². The molecule has 0 N–H and O–H groups in total. The van der Waals surface area contributed by atoms with Crippen LogP contribution in [-0.2, 0) is 23.1 Å². The highest BCUT2D eigenvalue weighted by Crippen LogP contribution is 2.33. The van der Waals surface area contributed by atoms with E-state index in [1.54, 1.807) is 24.0 Å². The Balaban J connectivity index is 1.71. The lowest BCUT2D eigenvalue weighted by molar-refractivity contribution is 0.0730. The van der Waals surface area contributed by atoms with Crippen LogP contribution in [0.15, 0.2) is 88.2 Å². The Morgan fingerprint density at radius 1 is 0.909 bits per heavy atom. The van der Waals surface area contributed by atoms with Gasteiger partial charge < -0.3 is 9.80 Å². The summed E-state index contributed by atoms with van der Waals surface area (Å²) >= 11 is 0. The minimum absolute atomic E-state index is 0.0757. The first kappa shape index (κ1) is 22.7. The number of carbonyl (C=O) groups is 1. The van der Waals surface area contributed by atoms with Crippen molar-refractivity contribution >= 4 is 27.5 Å². The van der Waals surface area contributed by atoms with Crippen LogP contribution in [0.5, 0.6) is 0 Å². The van der Waals surface area contributed by atoms with Crippen LogP contribution in [0.3, 0.4) is 0 Å². The van der Waals surface area contributed by atoms with Crippen molar-refractivity contribution in [3.63, 3.8) is 0 Å². The van der Waals surface area contributed by atoms with Gasteiger partial charge in [-0.05, 0) is 42.7 Å².